The molecular weight excluding hydrogens is 479 g/mol. The molecule has 184 valence electrons. The molecule has 0 bridgehead atoms. The van der Waals surface area contributed by atoms with E-state index in [1.807, 2.05) is 82.3 Å². The zero-order valence-corrected chi connectivity index (χ0v) is 22.2. The van der Waals surface area contributed by atoms with E-state index in [2.05, 4.69) is 5.32 Å². The maximum atomic E-state index is 13.8. The Labute approximate surface area is 218 Å². The Morgan fingerprint density at radius 1 is 0.857 bits per heavy atom. The van der Waals surface area contributed by atoms with Crippen LogP contribution in [0.4, 0.5) is 0 Å². The van der Waals surface area contributed by atoms with Crippen molar-refractivity contribution in [3.05, 3.63) is 105 Å². The minimum atomic E-state index is -0.688. The molecule has 0 aliphatic rings. The first-order chi connectivity index (χ1) is 16.5. The van der Waals surface area contributed by atoms with Crippen molar-refractivity contribution in [1.29, 1.82) is 0 Å². The summed E-state index contributed by atoms with van der Waals surface area (Å²) in [5, 5.41) is 3.91. The lowest BCUT2D eigenvalue weighted by Crippen LogP contribution is -2.54. The van der Waals surface area contributed by atoms with Gasteiger partial charge in [0.25, 0.3) is 0 Å². The van der Waals surface area contributed by atoms with E-state index in [0.717, 1.165) is 22.3 Å². The number of halogens is 2. The molecule has 4 nitrogen and oxygen atoms in total. The van der Waals surface area contributed by atoms with Gasteiger partial charge in [-0.05, 0) is 56.5 Å². The molecule has 0 spiro atoms. The van der Waals surface area contributed by atoms with Crippen LogP contribution in [0.1, 0.15) is 43.0 Å². The summed E-state index contributed by atoms with van der Waals surface area (Å²) in [4.78, 5) is 29.0. The van der Waals surface area contributed by atoms with E-state index in [9.17, 15) is 9.59 Å². The molecule has 0 radical (unpaired) electrons. The lowest BCUT2D eigenvalue weighted by molar-refractivity contribution is -0.141. The summed E-state index contributed by atoms with van der Waals surface area (Å²) < 4.78 is 0. The van der Waals surface area contributed by atoms with E-state index in [4.69, 9.17) is 23.2 Å². The zero-order chi connectivity index (χ0) is 25.6. The highest BCUT2D eigenvalue weighted by Gasteiger charge is 2.32. The first-order valence-electron chi connectivity index (χ1n) is 11.7. The minimum absolute atomic E-state index is 0.108. The first-order valence-corrected chi connectivity index (χ1v) is 12.4. The summed E-state index contributed by atoms with van der Waals surface area (Å²) in [5.41, 5.74) is 3.35. The van der Waals surface area contributed by atoms with E-state index in [1.54, 1.807) is 23.1 Å². The van der Waals surface area contributed by atoms with Crippen LogP contribution >= 0.6 is 23.2 Å². The van der Waals surface area contributed by atoms with Gasteiger partial charge in [-0.1, -0.05) is 89.4 Å². The second-order valence-corrected chi connectivity index (χ2v) is 10.7. The Kier molecular flexibility index (Phi) is 8.98. The third kappa shape index (κ3) is 8.12. The molecule has 3 aromatic rings. The van der Waals surface area contributed by atoms with Crippen LogP contribution in [0.15, 0.2) is 72.8 Å². The molecular formula is C29H32Cl2N2O2. The number of aryl methyl sites for hydroxylation is 1. The highest BCUT2D eigenvalue weighted by molar-refractivity contribution is 6.42. The number of nitrogens with one attached hydrogen (secondary N) is 1. The molecule has 1 atom stereocenters. The van der Waals surface area contributed by atoms with Gasteiger partial charge in [0.05, 0.1) is 16.5 Å². The standard InChI is InChI=1S/C29H32Cl2N2O2/c1-20-9-8-12-23(15-20)19-33(27(34)18-22-13-14-24(30)25(31)16-22)26(28(35)32-29(2,3)4)17-21-10-6-5-7-11-21/h5-16,26H,17-19H2,1-4H3,(H,32,35)/t26-/m0/s1. The van der Waals surface area contributed by atoms with Crippen molar-refractivity contribution in [1.82, 2.24) is 10.2 Å². The molecule has 0 aliphatic carbocycles. The van der Waals surface area contributed by atoms with Crippen LogP contribution < -0.4 is 5.32 Å². The second kappa shape index (κ2) is 11.7. The first kappa shape index (κ1) is 26.8. The number of benzene rings is 3. The highest BCUT2D eigenvalue weighted by atomic mass is 35.5. The zero-order valence-electron chi connectivity index (χ0n) is 20.6. The Hall–Kier alpha value is -2.82. The summed E-state index contributed by atoms with van der Waals surface area (Å²) in [6, 6.07) is 22.3. The average molecular weight is 511 g/mol. The van der Waals surface area contributed by atoms with Crippen LogP contribution in [0.3, 0.4) is 0 Å². The van der Waals surface area contributed by atoms with Gasteiger partial charge in [-0.3, -0.25) is 9.59 Å². The summed E-state index contributed by atoms with van der Waals surface area (Å²) in [6.07, 6.45) is 0.512. The number of rotatable bonds is 8. The van der Waals surface area contributed by atoms with Crippen molar-refractivity contribution in [3.8, 4) is 0 Å². The lowest BCUT2D eigenvalue weighted by Gasteiger charge is -2.34. The van der Waals surface area contributed by atoms with Crippen LogP contribution in [0.2, 0.25) is 10.0 Å². The van der Waals surface area contributed by atoms with Crippen LogP contribution in [0.25, 0.3) is 0 Å². The summed E-state index contributed by atoms with van der Waals surface area (Å²) in [5.74, 6) is -0.341. The molecule has 3 aromatic carbocycles. The predicted molar refractivity (Wildman–Crippen MR) is 144 cm³/mol. The van der Waals surface area contributed by atoms with Crippen molar-refractivity contribution in [3.63, 3.8) is 0 Å². The Balaban J connectivity index is 2.00. The van der Waals surface area contributed by atoms with Gasteiger partial charge in [-0.15, -0.1) is 0 Å². The third-order valence-corrected chi connectivity index (χ3v) is 6.28. The van der Waals surface area contributed by atoms with Crippen LogP contribution in [-0.2, 0) is 29.0 Å². The number of hydrogen-bond acceptors (Lipinski definition) is 2. The van der Waals surface area contributed by atoms with E-state index in [1.165, 1.54) is 0 Å². The van der Waals surface area contributed by atoms with Crippen LogP contribution in [0.5, 0.6) is 0 Å². The molecule has 0 saturated carbocycles. The molecule has 6 heteroatoms. The van der Waals surface area contributed by atoms with Gasteiger partial charge in [-0.25, -0.2) is 0 Å². The van der Waals surface area contributed by atoms with Gasteiger partial charge >= 0.3 is 0 Å². The fourth-order valence-corrected chi connectivity index (χ4v) is 4.26. The van der Waals surface area contributed by atoms with Gasteiger partial charge in [0.2, 0.25) is 11.8 Å². The third-order valence-electron chi connectivity index (χ3n) is 5.54. The molecule has 1 N–H and O–H groups in total. The second-order valence-electron chi connectivity index (χ2n) is 9.88. The van der Waals surface area contributed by atoms with Crippen LogP contribution in [-0.4, -0.2) is 28.3 Å². The smallest absolute Gasteiger partial charge is 0.243 e. The molecule has 0 unspecified atom stereocenters. The van der Waals surface area contributed by atoms with Gasteiger partial charge in [0.15, 0.2) is 0 Å². The highest BCUT2D eigenvalue weighted by Crippen LogP contribution is 2.24. The van der Waals surface area contributed by atoms with E-state index < -0.39 is 11.6 Å². The summed E-state index contributed by atoms with van der Waals surface area (Å²) in [7, 11) is 0. The van der Waals surface area contributed by atoms with E-state index in [0.29, 0.717) is 23.0 Å². The number of amides is 2. The molecule has 0 aliphatic heterocycles. The molecule has 0 aromatic heterocycles. The maximum absolute atomic E-state index is 13.8. The summed E-state index contributed by atoms with van der Waals surface area (Å²) in [6.45, 7) is 8.14. The lowest BCUT2D eigenvalue weighted by atomic mass is 9.99. The number of hydrogen-bond donors (Lipinski definition) is 1. The van der Waals surface area contributed by atoms with Crippen molar-refractivity contribution >= 4 is 35.0 Å². The van der Waals surface area contributed by atoms with Crippen LogP contribution in [0, 0.1) is 6.92 Å². The molecule has 0 saturated heterocycles. The van der Waals surface area contributed by atoms with Crippen molar-refractivity contribution in [2.45, 2.75) is 58.7 Å². The number of carbonyl (C=O) groups excluding carboxylic acids is 2. The molecule has 2 amide bonds. The Morgan fingerprint density at radius 3 is 2.17 bits per heavy atom. The monoisotopic (exact) mass is 510 g/mol. The topological polar surface area (TPSA) is 49.4 Å². The van der Waals surface area contributed by atoms with Gasteiger partial charge in [0.1, 0.15) is 6.04 Å². The van der Waals surface area contributed by atoms with E-state index >= 15 is 0 Å². The molecule has 3 rings (SSSR count). The molecule has 0 heterocycles. The Bertz CT molecular complexity index is 1170. The van der Waals surface area contributed by atoms with E-state index in [-0.39, 0.29) is 18.2 Å². The number of nitrogens with zero attached hydrogens (tertiary/aromatic N) is 1. The largest absolute Gasteiger partial charge is 0.350 e. The fraction of sp³-hybridized carbons (Fsp3) is 0.310. The van der Waals surface area contributed by atoms with Crippen molar-refractivity contribution in [2.24, 2.45) is 0 Å². The average Bonchev–Trinajstić information content (AvgIpc) is 2.78. The van der Waals surface area contributed by atoms with Gasteiger partial charge in [-0.2, -0.15) is 0 Å². The minimum Gasteiger partial charge on any atom is -0.350 e. The van der Waals surface area contributed by atoms with Crippen molar-refractivity contribution < 1.29 is 9.59 Å². The number of carbonyl (C=O) groups is 2. The quantitative estimate of drug-likeness (QED) is 0.381. The Morgan fingerprint density at radius 2 is 1.54 bits per heavy atom. The molecule has 0 fully saturated rings. The fourth-order valence-electron chi connectivity index (χ4n) is 3.94. The maximum Gasteiger partial charge on any atom is 0.243 e. The predicted octanol–water partition coefficient (Wildman–Crippen LogP) is 6.40. The van der Waals surface area contributed by atoms with Gasteiger partial charge < -0.3 is 10.2 Å². The SMILES string of the molecule is Cc1cccc(CN(C(=O)Cc2ccc(Cl)c(Cl)c2)[C@@H](Cc2ccccc2)C(=O)NC(C)(C)C)c1. The van der Waals surface area contributed by atoms with Gasteiger partial charge in [0, 0.05) is 18.5 Å². The normalized spacial score (nSPS) is 12.2. The molecule has 35 heavy (non-hydrogen) atoms. The summed E-state index contributed by atoms with van der Waals surface area (Å²) >= 11 is 12.3. The van der Waals surface area contributed by atoms with Crippen molar-refractivity contribution in [2.75, 3.05) is 0 Å².